The van der Waals surface area contributed by atoms with E-state index >= 15 is 0 Å². The van der Waals surface area contributed by atoms with Gasteiger partial charge in [-0.25, -0.2) is 0 Å². The molecular formula is C7H13N2O2S3+. The summed E-state index contributed by atoms with van der Waals surface area (Å²) in [4.78, 5) is 14.2. The first-order chi connectivity index (χ1) is 6.29. The lowest BCUT2D eigenvalue weighted by Crippen LogP contribution is -2.42. The van der Waals surface area contributed by atoms with Gasteiger partial charge in [-0.15, -0.1) is 0 Å². The van der Waals surface area contributed by atoms with Crippen molar-refractivity contribution in [3.63, 3.8) is 0 Å². The first-order valence-electron chi connectivity index (χ1n) is 3.68. The lowest BCUT2D eigenvalue weighted by atomic mass is 11.0. The van der Waals surface area contributed by atoms with Gasteiger partial charge in [-0.3, -0.25) is 0 Å². The molecule has 0 aliphatic heterocycles. The van der Waals surface area contributed by atoms with E-state index in [1.165, 1.54) is 0 Å². The third-order valence-electron chi connectivity index (χ3n) is 1.25. The fraction of sp³-hybridized carbons (Fsp3) is 0.571. The Labute approximate surface area is 97.2 Å². The molecule has 0 spiro atoms. The quantitative estimate of drug-likeness (QED) is 0.513. The van der Waals surface area contributed by atoms with Gasteiger partial charge in [-0.05, 0) is 24.4 Å². The van der Waals surface area contributed by atoms with Crippen LogP contribution in [0.15, 0.2) is 0 Å². The Bertz CT molecular complexity index is 246. The molecule has 0 atom stereocenters. The second-order valence-corrected chi connectivity index (χ2v) is 5.92. The maximum Gasteiger partial charge on any atom is 0.539 e. The van der Waals surface area contributed by atoms with Crippen LogP contribution < -0.4 is 0 Å². The molecule has 4 nitrogen and oxygen atoms in total. The van der Waals surface area contributed by atoms with Crippen molar-refractivity contribution in [2.24, 2.45) is 0 Å². The van der Waals surface area contributed by atoms with Crippen LogP contribution in [0.5, 0.6) is 0 Å². The largest absolute Gasteiger partial charge is 0.539 e. The van der Waals surface area contributed by atoms with Crippen molar-refractivity contribution in [3.05, 3.63) is 0 Å². The summed E-state index contributed by atoms with van der Waals surface area (Å²) in [5, 5.41) is 8.01. The van der Waals surface area contributed by atoms with E-state index in [4.69, 9.17) is 29.5 Å². The van der Waals surface area contributed by atoms with E-state index in [0.29, 0.717) is 8.64 Å². The van der Waals surface area contributed by atoms with Crippen molar-refractivity contribution >= 4 is 49.3 Å². The molecule has 1 N–H and O–H groups in total. The molecule has 0 amide bonds. The highest BCUT2D eigenvalue weighted by Gasteiger charge is 2.43. The molecule has 0 aliphatic rings. The molecular weight excluding hydrogens is 240 g/mol. The van der Waals surface area contributed by atoms with Crippen molar-refractivity contribution in [3.8, 4) is 0 Å². The number of rotatable bonds is 0. The lowest BCUT2D eigenvalue weighted by Gasteiger charge is -2.14. The van der Waals surface area contributed by atoms with Gasteiger partial charge in [0, 0.05) is 28.2 Å². The fourth-order valence-electron chi connectivity index (χ4n) is 0.589. The molecule has 0 aromatic carbocycles. The Morgan fingerprint density at radius 1 is 1.07 bits per heavy atom. The third kappa shape index (κ3) is 3.39. The fourth-order valence-corrected chi connectivity index (χ4v) is 2.83. The van der Waals surface area contributed by atoms with Crippen LogP contribution in [0.2, 0.25) is 0 Å². The van der Waals surface area contributed by atoms with E-state index in [1.54, 1.807) is 38.0 Å². The molecule has 0 aliphatic carbocycles. The van der Waals surface area contributed by atoms with Crippen LogP contribution in [0.25, 0.3) is 0 Å². The third-order valence-corrected chi connectivity index (χ3v) is 4.76. The van der Waals surface area contributed by atoms with Crippen LogP contribution in [-0.2, 0) is 10.9 Å². The Balaban J connectivity index is 4.88. The predicted molar refractivity (Wildman–Crippen MR) is 68.0 cm³/mol. The predicted octanol–water partition coefficient (Wildman–Crippen LogP) is 0.976. The molecule has 14 heavy (non-hydrogen) atoms. The molecule has 80 valence electrons. The van der Waals surface area contributed by atoms with Gasteiger partial charge in [-0.2, -0.15) is 4.79 Å². The minimum atomic E-state index is -1.19. The number of carboxylic acid groups (broad SMARTS) is 1. The highest BCUT2D eigenvalue weighted by Crippen LogP contribution is 2.09. The number of thiocarbonyl (C=S) groups is 2. The Morgan fingerprint density at radius 2 is 1.36 bits per heavy atom. The average molecular weight is 253 g/mol. The zero-order valence-corrected chi connectivity index (χ0v) is 10.9. The van der Waals surface area contributed by atoms with E-state index < -0.39 is 16.2 Å². The summed E-state index contributed by atoms with van der Waals surface area (Å²) < 4.78 is 0.687. The first-order valence-corrected chi connectivity index (χ1v) is 5.73. The minimum Gasteiger partial charge on any atom is -0.440 e. The second kappa shape index (κ2) is 5.47. The summed E-state index contributed by atoms with van der Waals surface area (Å²) in [5.74, 6) is 0. The van der Waals surface area contributed by atoms with Gasteiger partial charge < -0.3 is 14.9 Å². The molecule has 0 fully saturated rings. The lowest BCUT2D eigenvalue weighted by molar-refractivity contribution is 0.222. The van der Waals surface area contributed by atoms with Gasteiger partial charge in [0.15, 0.2) is 0 Å². The molecule has 0 heterocycles. The molecule has 0 radical (unpaired) electrons. The Hall–Kier alpha value is -0.400. The second-order valence-electron chi connectivity index (χ2n) is 2.89. The van der Waals surface area contributed by atoms with E-state index in [1.807, 2.05) is 0 Å². The van der Waals surface area contributed by atoms with Crippen LogP contribution in [0, 0.1) is 0 Å². The monoisotopic (exact) mass is 253 g/mol. The summed E-state index contributed by atoms with van der Waals surface area (Å²) in [6.07, 6.45) is 0. The zero-order chi connectivity index (χ0) is 11.5. The average Bonchev–Trinajstić information content (AvgIpc) is 2.03. The summed E-state index contributed by atoms with van der Waals surface area (Å²) in [5.41, 5.74) is 0. The van der Waals surface area contributed by atoms with Gasteiger partial charge in [-0.1, -0.05) is 0 Å². The molecule has 0 bridgehead atoms. The van der Waals surface area contributed by atoms with Crippen LogP contribution in [0.3, 0.4) is 0 Å². The highest BCUT2D eigenvalue weighted by molar-refractivity contribution is 8.43. The van der Waals surface area contributed by atoms with E-state index in [9.17, 15) is 4.79 Å². The van der Waals surface area contributed by atoms with Crippen molar-refractivity contribution in [2.75, 3.05) is 28.2 Å². The molecule has 0 saturated heterocycles. The van der Waals surface area contributed by atoms with E-state index in [2.05, 4.69) is 0 Å². The van der Waals surface area contributed by atoms with Crippen molar-refractivity contribution in [1.29, 1.82) is 0 Å². The summed E-state index contributed by atoms with van der Waals surface area (Å²) in [6, 6.07) is 0. The topological polar surface area (TPSA) is 43.8 Å². The van der Waals surface area contributed by atoms with Crippen molar-refractivity contribution in [2.45, 2.75) is 0 Å². The standard InChI is InChI=1S/C7H12N2O2S3/c1-8(2)5(12)14(7(10)11)6(13)9(3)4/h1-4H3/p+1. The first kappa shape index (κ1) is 13.6. The Morgan fingerprint density at radius 3 is 1.50 bits per heavy atom. The normalized spacial score (nSPS) is 9.79. The smallest absolute Gasteiger partial charge is 0.440 e. The Kier molecular flexibility index (Phi) is 5.32. The number of hydrogen-bond acceptors (Lipinski definition) is 3. The van der Waals surface area contributed by atoms with E-state index in [-0.39, 0.29) is 0 Å². The minimum absolute atomic E-state index is 0.344. The van der Waals surface area contributed by atoms with Gasteiger partial charge in [0.1, 0.15) is 0 Å². The summed E-state index contributed by atoms with van der Waals surface area (Å²) in [7, 11) is 5.65. The van der Waals surface area contributed by atoms with E-state index in [0.717, 1.165) is 0 Å². The highest BCUT2D eigenvalue weighted by atomic mass is 32.2. The van der Waals surface area contributed by atoms with Crippen LogP contribution in [0.1, 0.15) is 0 Å². The summed E-state index contributed by atoms with van der Waals surface area (Å²) in [6.45, 7) is 0. The summed E-state index contributed by atoms with van der Waals surface area (Å²) >= 11 is 10.0. The molecule has 0 saturated carbocycles. The maximum atomic E-state index is 11.0. The van der Waals surface area contributed by atoms with Crippen LogP contribution in [-0.4, -0.2) is 57.0 Å². The van der Waals surface area contributed by atoms with Crippen molar-refractivity contribution < 1.29 is 9.90 Å². The SMILES string of the molecule is CN(C)C(=S)[S+](C(=O)O)C(=S)N(C)C. The number of hydrogen-bond donors (Lipinski definition) is 1. The number of nitrogens with zero attached hydrogens (tertiary/aromatic N) is 2. The molecule has 0 unspecified atom stereocenters. The molecule has 0 aromatic heterocycles. The number of carbonyl (C=O) groups is 1. The van der Waals surface area contributed by atoms with Gasteiger partial charge in [0.25, 0.3) is 0 Å². The molecule has 0 rings (SSSR count). The maximum absolute atomic E-state index is 11.0. The molecule has 0 aromatic rings. The van der Waals surface area contributed by atoms with Gasteiger partial charge in [0.05, 0.1) is 0 Å². The zero-order valence-electron chi connectivity index (χ0n) is 8.47. The van der Waals surface area contributed by atoms with Gasteiger partial charge in [0.2, 0.25) is 10.9 Å². The van der Waals surface area contributed by atoms with Gasteiger partial charge >= 0.3 is 13.9 Å². The van der Waals surface area contributed by atoms with Crippen molar-refractivity contribution in [1.82, 2.24) is 9.80 Å². The molecule has 7 heteroatoms. The van der Waals surface area contributed by atoms with Crippen LogP contribution in [0.4, 0.5) is 4.79 Å². The van der Waals surface area contributed by atoms with Crippen LogP contribution >= 0.6 is 24.4 Å².